The molecule has 77 heavy (non-hydrogen) atoms. The first kappa shape index (κ1) is 71.2. The number of ether oxygens (including phenoxy) is 5. The highest BCUT2D eigenvalue weighted by Gasteiger charge is 2.57. The van der Waals surface area contributed by atoms with Gasteiger partial charge < -0.3 is 74.5 Å². The molecule has 1 unspecified atom stereocenters. The van der Waals surface area contributed by atoms with Gasteiger partial charge in [-0.25, -0.2) is 9.36 Å². The highest BCUT2D eigenvalue weighted by atomic mass is 31.2. The molecule has 0 aliphatic carbocycles. The van der Waals surface area contributed by atoms with Crippen LogP contribution < -0.4 is 5.32 Å². The average molecular weight is 1130 g/mol. The van der Waals surface area contributed by atoms with E-state index in [1.165, 1.54) is 103 Å². The van der Waals surface area contributed by atoms with E-state index in [-0.39, 0.29) is 6.42 Å². The van der Waals surface area contributed by atoms with E-state index >= 15 is 0 Å². The minimum absolute atomic E-state index is 0.295. The average Bonchev–Trinajstić information content (AvgIpc) is 3.38. The Bertz CT molecular complexity index is 1580. The van der Waals surface area contributed by atoms with Crippen molar-refractivity contribution in [3.63, 3.8) is 0 Å². The first-order valence-electron chi connectivity index (χ1n) is 30.0. The summed E-state index contributed by atoms with van der Waals surface area (Å²) in [7, 11) is -5.59. The highest BCUT2D eigenvalue weighted by molar-refractivity contribution is 7.46. The summed E-state index contributed by atoms with van der Waals surface area (Å²) in [5, 5.41) is 76.4. The van der Waals surface area contributed by atoms with E-state index in [1.54, 1.807) is 0 Å². The number of unbranched alkanes of at least 4 members (excludes halogenated alkanes) is 27. The molecule has 2 heterocycles. The number of nitrogens with one attached hydrogen (secondary N) is 1. The summed E-state index contributed by atoms with van der Waals surface area (Å²) in [4.78, 5) is 61.1. The quantitative estimate of drug-likeness (QED) is 0.0155. The minimum Gasteiger partial charge on any atom is -0.477 e. The topological polar surface area (TPSA) is 318 Å². The number of aliphatic hydroxyl groups excluding tert-OH is 6. The zero-order valence-corrected chi connectivity index (χ0v) is 48.2. The molecule has 10 N–H and O–H groups in total. The van der Waals surface area contributed by atoms with Crippen LogP contribution >= 0.6 is 7.82 Å². The Morgan fingerprint density at radius 2 is 1.13 bits per heavy atom. The first-order valence-corrected chi connectivity index (χ1v) is 31.5. The Morgan fingerprint density at radius 3 is 1.60 bits per heavy atom. The van der Waals surface area contributed by atoms with E-state index in [0.29, 0.717) is 25.9 Å². The number of carbonyl (C=O) groups is 3. The summed E-state index contributed by atoms with van der Waals surface area (Å²) in [5.41, 5.74) is 0. The number of carboxylic acids is 1. The van der Waals surface area contributed by atoms with Gasteiger partial charge in [0.1, 0.15) is 36.6 Å². The van der Waals surface area contributed by atoms with E-state index in [1.807, 2.05) is 0 Å². The van der Waals surface area contributed by atoms with Crippen LogP contribution in [0.5, 0.6) is 0 Å². The molecule has 0 radical (unpaired) electrons. The number of hydrogen-bond acceptors (Lipinski definition) is 16. The lowest BCUT2D eigenvalue weighted by Gasteiger charge is -2.46. The molecule has 0 spiro atoms. The normalized spacial score (nSPS) is 25.1. The number of amides is 1. The van der Waals surface area contributed by atoms with Crippen LogP contribution in [0.4, 0.5) is 0 Å². The third kappa shape index (κ3) is 30.7. The maximum atomic E-state index is 14.2. The fourth-order valence-corrected chi connectivity index (χ4v) is 10.8. The largest absolute Gasteiger partial charge is 0.477 e. The van der Waals surface area contributed by atoms with E-state index in [0.717, 1.165) is 83.5 Å². The maximum Gasteiger partial charge on any atom is 0.470 e. The SMILES string of the molecule is CCCCCCCCCCCCCCO[C@@H](CCCCCCCCCCC)CC(=O)O[C@@H]1[C@@H](NC(=O)C[C@H](O)CCCCCCCCCCC)[C@H](O)O[C@H](CO[C@@]2(C(=O)O)C[C@@H](O)[C@@H](O)[C@@H](C(O)CO)O2)[C@H]1OP(=O)(O)O. The fraction of sp³-hybridized carbons (Fsp3) is 0.946. The van der Waals surface area contributed by atoms with Gasteiger partial charge in [0.25, 0.3) is 5.79 Å². The molecule has 2 rings (SSSR count). The molecule has 0 saturated carbocycles. The van der Waals surface area contributed by atoms with Gasteiger partial charge in [-0.2, -0.15) is 0 Å². The third-order valence-electron chi connectivity index (χ3n) is 14.9. The number of aliphatic carboxylic acids is 1. The van der Waals surface area contributed by atoms with Crippen molar-refractivity contribution in [1.82, 2.24) is 5.32 Å². The summed E-state index contributed by atoms with van der Waals surface area (Å²) in [6, 6.07) is -1.77. The van der Waals surface area contributed by atoms with E-state index in [4.69, 9.17) is 28.2 Å². The number of esters is 1. The van der Waals surface area contributed by atoms with Crippen LogP contribution in [0, 0.1) is 0 Å². The minimum atomic E-state index is -5.59. The van der Waals surface area contributed by atoms with Gasteiger partial charge in [0.2, 0.25) is 5.91 Å². The van der Waals surface area contributed by atoms with Crippen LogP contribution in [0.2, 0.25) is 0 Å². The van der Waals surface area contributed by atoms with Gasteiger partial charge in [0, 0.05) is 13.0 Å². The standard InChI is InChI=1S/C56H106NO19P/c1-4-7-10-13-16-19-20-21-24-27-30-33-36-71-43(35-32-29-26-23-18-15-12-9-6-3)38-48(63)74-53-49(57-47(62)37-42(59)34-31-28-25-22-17-14-11-8-5-2)54(65)73-46(52(53)76-77(68,69)70)41-72-56(55(66)67)39-44(60)50(64)51(75-56)45(61)40-58/h42-46,49-54,58-61,64-65H,4-41H2,1-3H3,(H,57,62)(H,66,67)(H2,68,69,70)/t42-,43+,44-,45?,46-,49-,50-,51-,52-,53-,54-,56+/m1/s1. The molecule has 0 aromatic carbocycles. The third-order valence-corrected chi connectivity index (χ3v) is 15.4. The number of rotatable bonds is 48. The van der Waals surface area contributed by atoms with E-state index < -0.39 is 125 Å². The Kier molecular flexibility index (Phi) is 38.9. The second kappa shape index (κ2) is 42.0. The van der Waals surface area contributed by atoms with Crippen molar-refractivity contribution in [3.05, 3.63) is 0 Å². The van der Waals surface area contributed by atoms with Gasteiger partial charge in [0.15, 0.2) is 12.4 Å². The molecule has 0 bridgehead atoms. The summed E-state index contributed by atoms with van der Waals surface area (Å²) < 4.78 is 47.0. The molecular formula is C56H106NO19P. The number of phosphoric ester groups is 1. The zero-order chi connectivity index (χ0) is 56.9. The lowest BCUT2D eigenvalue weighted by Crippen LogP contribution is -2.67. The van der Waals surface area contributed by atoms with Crippen molar-refractivity contribution < 1.29 is 92.7 Å². The smallest absolute Gasteiger partial charge is 0.470 e. The Balaban J connectivity index is 2.34. The van der Waals surface area contributed by atoms with E-state index in [9.17, 15) is 64.5 Å². The monoisotopic (exact) mass is 1130 g/mol. The lowest BCUT2D eigenvalue weighted by molar-refractivity contribution is -0.337. The summed E-state index contributed by atoms with van der Waals surface area (Å²) >= 11 is 0. The van der Waals surface area contributed by atoms with Crippen molar-refractivity contribution in [2.24, 2.45) is 0 Å². The molecular weight excluding hydrogens is 1020 g/mol. The number of hydrogen-bond donors (Lipinski definition) is 10. The van der Waals surface area contributed by atoms with Crippen LogP contribution in [0.25, 0.3) is 0 Å². The molecule has 0 aromatic heterocycles. The summed E-state index contributed by atoms with van der Waals surface area (Å²) in [5.74, 6) is -6.51. The van der Waals surface area contributed by atoms with Gasteiger partial charge in [-0.15, -0.1) is 0 Å². The summed E-state index contributed by atoms with van der Waals surface area (Å²) in [6.07, 6.45) is 14.8. The Hall–Kier alpha value is -1.88. The number of carboxylic acid groups (broad SMARTS) is 1. The molecule has 0 aromatic rings. The van der Waals surface area contributed by atoms with Crippen molar-refractivity contribution in [1.29, 1.82) is 0 Å². The van der Waals surface area contributed by atoms with Crippen molar-refractivity contribution in [2.75, 3.05) is 19.8 Å². The molecule has 2 fully saturated rings. The number of phosphoric acid groups is 1. The van der Waals surface area contributed by atoms with Crippen molar-refractivity contribution in [2.45, 2.75) is 319 Å². The maximum absolute atomic E-state index is 14.2. The second-order valence-electron chi connectivity index (χ2n) is 21.8. The van der Waals surface area contributed by atoms with E-state index in [2.05, 4.69) is 26.1 Å². The van der Waals surface area contributed by atoms with Crippen LogP contribution in [-0.2, 0) is 47.2 Å². The van der Waals surface area contributed by atoms with Gasteiger partial charge >= 0.3 is 19.8 Å². The predicted octanol–water partition coefficient (Wildman–Crippen LogP) is 8.31. The predicted molar refractivity (Wildman–Crippen MR) is 290 cm³/mol. The van der Waals surface area contributed by atoms with Crippen LogP contribution in [-0.4, -0.2) is 156 Å². The molecule has 454 valence electrons. The second-order valence-corrected chi connectivity index (χ2v) is 23.0. The number of aliphatic hydroxyl groups is 6. The zero-order valence-electron chi connectivity index (χ0n) is 47.3. The molecule has 1 amide bonds. The molecule has 12 atom stereocenters. The fourth-order valence-electron chi connectivity index (χ4n) is 10.3. The summed E-state index contributed by atoms with van der Waals surface area (Å²) in [6.45, 7) is 4.87. The van der Waals surface area contributed by atoms with Crippen LogP contribution in [0.3, 0.4) is 0 Å². The van der Waals surface area contributed by atoms with Crippen LogP contribution in [0.15, 0.2) is 0 Å². The van der Waals surface area contributed by atoms with Crippen molar-refractivity contribution in [3.8, 4) is 0 Å². The lowest BCUT2D eigenvalue weighted by atomic mass is 9.92. The Morgan fingerprint density at radius 1 is 0.662 bits per heavy atom. The highest BCUT2D eigenvalue weighted by Crippen LogP contribution is 2.43. The number of carbonyl (C=O) groups excluding carboxylic acids is 2. The molecule has 20 nitrogen and oxygen atoms in total. The van der Waals surface area contributed by atoms with Gasteiger partial charge in [0.05, 0.1) is 44.4 Å². The molecule has 21 heteroatoms. The molecule has 2 aliphatic heterocycles. The van der Waals surface area contributed by atoms with Gasteiger partial charge in [-0.1, -0.05) is 207 Å². The Labute approximate surface area is 460 Å². The molecule has 2 aliphatic rings. The molecule has 2 saturated heterocycles. The first-order chi connectivity index (χ1) is 36.9. The van der Waals surface area contributed by atoms with Crippen LogP contribution in [0.1, 0.15) is 245 Å². The van der Waals surface area contributed by atoms with Crippen molar-refractivity contribution >= 4 is 25.7 Å². The van der Waals surface area contributed by atoms with Gasteiger partial charge in [-0.05, 0) is 19.3 Å². The van der Waals surface area contributed by atoms with Gasteiger partial charge in [-0.3, -0.25) is 14.1 Å².